The smallest absolute Gasteiger partial charge is 0.0774 e. The highest BCUT2D eigenvalue weighted by Gasteiger charge is 2.37. The van der Waals surface area contributed by atoms with Crippen molar-refractivity contribution in [3.05, 3.63) is 12.2 Å². The Morgan fingerprint density at radius 2 is 1.60 bits per heavy atom. The Bertz CT molecular complexity index is 239. The zero-order valence-electron chi connectivity index (χ0n) is 10.00. The second-order valence-electron chi connectivity index (χ2n) is 6.05. The van der Waals surface area contributed by atoms with E-state index in [0.29, 0.717) is 5.41 Å². The predicted octanol–water partition coefficient (Wildman–Crippen LogP) is 2.19. The predicted molar refractivity (Wildman–Crippen MR) is 62.8 cm³/mol. The monoisotopic (exact) mass is 209 g/mol. The Balaban J connectivity index is 1.86. The van der Waals surface area contributed by atoms with Crippen LogP contribution in [-0.2, 0) is 0 Å². The fourth-order valence-electron chi connectivity index (χ4n) is 2.62. The second kappa shape index (κ2) is 3.91. The van der Waals surface area contributed by atoms with Gasteiger partial charge in [-0.1, -0.05) is 26.0 Å². The van der Waals surface area contributed by atoms with Crippen molar-refractivity contribution in [2.45, 2.75) is 45.1 Å². The summed E-state index contributed by atoms with van der Waals surface area (Å²) < 4.78 is 0. The van der Waals surface area contributed by atoms with E-state index in [9.17, 15) is 5.11 Å². The van der Waals surface area contributed by atoms with Gasteiger partial charge in [-0.2, -0.15) is 0 Å². The molecule has 0 spiro atoms. The van der Waals surface area contributed by atoms with Gasteiger partial charge in [-0.3, -0.25) is 4.90 Å². The fourth-order valence-corrected chi connectivity index (χ4v) is 2.62. The molecular weight excluding hydrogens is 186 g/mol. The van der Waals surface area contributed by atoms with E-state index in [1.54, 1.807) is 0 Å². The highest BCUT2D eigenvalue weighted by atomic mass is 16.3. The number of aliphatic hydroxyl groups is 1. The summed E-state index contributed by atoms with van der Waals surface area (Å²) in [7, 11) is 0. The van der Waals surface area contributed by atoms with E-state index in [1.165, 1.54) is 0 Å². The molecule has 2 rings (SSSR count). The maximum Gasteiger partial charge on any atom is 0.0774 e. The highest BCUT2D eigenvalue weighted by Crippen LogP contribution is 2.40. The first-order chi connectivity index (χ1) is 6.99. The van der Waals surface area contributed by atoms with Crippen molar-refractivity contribution in [1.82, 2.24) is 4.90 Å². The van der Waals surface area contributed by atoms with Crippen LogP contribution >= 0.6 is 0 Å². The van der Waals surface area contributed by atoms with Crippen LogP contribution in [0.5, 0.6) is 0 Å². The molecule has 0 aromatic carbocycles. The number of rotatable bonds is 2. The summed E-state index contributed by atoms with van der Waals surface area (Å²) in [4.78, 5) is 2.33. The van der Waals surface area contributed by atoms with E-state index in [2.05, 4.69) is 30.9 Å². The third-order valence-electron chi connectivity index (χ3n) is 3.95. The van der Waals surface area contributed by atoms with Gasteiger partial charge in [0.15, 0.2) is 0 Å². The first-order valence-electron chi connectivity index (χ1n) is 6.09. The molecular formula is C13H23NO. The molecule has 0 bridgehead atoms. The lowest BCUT2D eigenvalue weighted by molar-refractivity contribution is -0.0449. The van der Waals surface area contributed by atoms with Crippen LogP contribution in [0.1, 0.15) is 39.5 Å². The maximum atomic E-state index is 10.5. The van der Waals surface area contributed by atoms with E-state index in [1.807, 2.05) is 0 Å². The Kier molecular flexibility index (Phi) is 2.91. The molecule has 0 amide bonds. The molecule has 2 heteroatoms. The summed E-state index contributed by atoms with van der Waals surface area (Å²) in [5.74, 6) is 0. The SMILES string of the molecule is CC1(C)CCC(O)(CN2CC=CC2)CC1. The molecule has 0 unspecified atom stereocenters. The third-order valence-corrected chi connectivity index (χ3v) is 3.95. The molecule has 0 aromatic rings. The lowest BCUT2D eigenvalue weighted by Crippen LogP contribution is -2.46. The van der Waals surface area contributed by atoms with Crippen molar-refractivity contribution in [3.63, 3.8) is 0 Å². The molecule has 1 aliphatic carbocycles. The highest BCUT2D eigenvalue weighted by molar-refractivity contribution is 4.99. The molecule has 0 atom stereocenters. The topological polar surface area (TPSA) is 23.5 Å². The number of hydrogen-bond donors (Lipinski definition) is 1. The van der Waals surface area contributed by atoms with Crippen molar-refractivity contribution in [3.8, 4) is 0 Å². The average molecular weight is 209 g/mol. The molecule has 2 aliphatic rings. The Hall–Kier alpha value is -0.340. The number of β-amino-alcohol motifs (C(OH)–C–C–N with tert-alkyl or cyclic N) is 1. The molecule has 1 fully saturated rings. The van der Waals surface area contributed by atoms with E-state index < -0.39 is 5.60 Å². The Labute approximate surface area is 93.0 Å². The van der Waals surface area contributed by atoms with E-state index in [4.69, 9.17) is 0 Å². The fraction of sp³-hybridized carbons (Fsp3) is 0.846. The summed E-state index contributed by atoms with van der Waals surface area (Å²) in [6.45, 7) is 7.52. The molecule has 0 radical (unpaired) electrons. The summed E-state index contributed by atoms with van der Waals surface area (Å²) in [6, 6.07) is 0. The van der Waals surface area contributed by atoms with Crippen molar-refractivity contribution in [1.29, 1.82) is 0 Å². The normalized spacial score (nSPS) is 29.5. The van der Waals surface area contributed by atoms with Gasteiger partial charge in [0.2, 0.25) is 0 Å². The number of hydrogen-bond acceptors (Lipinski definition) is 2. The molecule has 1 N–H and O–H groups in total. The molecule has 2 nitrogen and oxygen atoms in total. The summed E-state index contributed by atoms with van der Waals surface area (Å²) >= 11 is 0. The quantitative estimate of drug-likeness (QED) is 0.705. The minimum atomic E-state index is -0.415. The van der Waals surface area contributed by atoms with E-state index >= 15 is 0 Å². The molecule has 15 heavy (non-hydrogen) atoms. The van der Waals surface area contributed by atoms with Crippen LogP contribution in [0.3, 0.4) is 0 Å². The number of nitrogens with zero attached hydrogens (tertiary/aromatic N) is 1. The van der Waals surface area contributed by atoms with Crippen LogP contribution in [0, 0.1) is 5.41 Å². The average Bonchev–Trinajstić information content (AvgIpc) is 2.64. The van der Waals surface area contributed by atoms with Gasteiger partial charge in [-0.15, -0.1) is 0 Å². The molecule has 1 aliphatic heterocycles. The van der Waals surface area contributed by atoms with Crippen LogP contribution in [0.4, 0.5) is 0 Å². The van der Waals surface area contributed by atoms with Crippen molar-refractivity contribution >= 4 is 0 Å². The van der Waals surface area contributed by atoms with Crippen LogP contribution in [0.2, 0.25) is 0 Å². The van der Waals surface area contributed by atoms with Gasteiger partial charge in [-0.25, -0.2) is 0 Å². The van der Waals surface area contributed by atoms with Crippen molar-refractivity contribution in [2.75, 3.05) is 19.6 Å². The summed E-state index contributed by atoms with van der Waals surface area (Å²) in [5, 5.41) is 10.5. The zero-order valence-corrected chi connectivity index (χ0v) is 10.00. The Morgan fingerprint density at radius 1 is 1.07 bits per heavy atom. The van der Waals surface area contributed by atoms with Gasteiger partial charge in [0.25, 0.3) is 0 Å². The van der Waals surface area contributed by atoms with E-state index in [0.717, 1.165) is 45.3 Å². The van der Waals surface area contributed by atoms with Gasteiger partial charge in [0, 0.05) is 19.6 Å². The summed E-state index contributed by atoms with van der Waals surface area (Å²) in [6.07, 6.45) is 8.63. The van der Waals surface area contributed by atoms with Gasteiger partial charge in [0.05, 0.1) is 5.60 Å². The van der Waals surface area contributed by atoms with Gasteiger partial charge in [0.1, 0.15) is 0 Å². The van der Waals surface area contributed by atoms with Crippen LogP contribution < -0.4 is 0 Å². The van der Waals surface area contributed by atoms with Crippen LogP contribution in [0.25, 0.3) is 0 Å². The lowest BCUT2D eigenvalue weighted by Gasteiger charge is -2.42. The minimum Gasteiger partial charge on any atom is -0.389 e. The molecule has 1 saturated carbocycles. The first kappa shape index (κ1) is 11.2. The van der Waals surface area contributed by atoms with Gasteiger partial charge >= 0.3 is 0 Å². The van der Waals surface area contributed by atoms with Crippen molar-refractivity contribution < 1.29 is 5.11 Å². The molecule has 86 valence electrons. The van der Waals surface area contributed by atoms with Crippen LogP contribution in [0.15, 0.2) is 12.2 Å². The minimum absolute atomic E-state index is 0.415. The second-order valence-corrected chi connectivity index (χ2v) is 6.05. The standard InChI is InChI=1S/C13H23NO/c1-12(2)5-7-13(15,8-6-12)11-14-9-3-4-10-14/h3-4,15H,5-11H2,1-2H3. The summed E-state index contributed by atoms with van der Waals surface area (Å²) in [5.41, 5.74) is 0.0248. The third kappa shape index (κ3) is 2.82. The van der Waals surface area contributed by atoms with Crippen molar-refractivity contribution in [2.24, 2.45) is 5.41 Å². The molecule has 1 heterocycles. The Morgan fingerprint density at radius 3 is 2.13 bits per heavy atom. The maximum absolute atomic E-state index is 10.5. The first-order valence-corrected chi connectivity index (χ1v) is 6.09. The lowest BCUT2D eigenvalue weighted by atomic mass is 9.71. The molecule has 0 aromatic heterocycles. The van der Waals surface area contributed by atoms with Gasteiger partial charge in [-0.05, 0) is 31.1 Å². The largest absolute Gasteiger partial charge is 0.389 e. The molecule has 0 saturated heterocycles. The van der Waals surface area contributed by atoms with Crippen LogP contribution in [-0.4, -0.2) is 35.2 Å². The zero-order chi connectivity index (χ0) is 10.9. The van der Waals surface area contributed by atoms with Gasteiger partial charge < -0.3 is 5.11 Å². The van der Waals surface area contributed by atoms with E-state index in [-0.39, 0.29) is 0 Å².